The lowest BCUT2D eigenvalue weighted by Crippen LogP contribution is -2.50. The van der Waals surface area contributed by atoms with Gasteiger partial charge in [-0.05, 0) is 5.56 Å². The van der Waals surface area contributed by atoms with Crippen molar-refractivity contribution in [1.82, 2.24) is 4.90 Å². The molecule has 0 bridgehead atoms. The van der Waals surface area contributed by atoms with Gasteiger partial charge in [-0.25, -0.2) is 0 Å². The van der Waals surface area contributed by atoms with E-state index in [0.29, 0.717) is 26.2 Å². The summed E-state index contributed by atoms with van der Waals surface area (Å²) in [6.07, 6.45) is 0.234. The molecule has 1 amide bonds. The Kier molecular flexibility index (Phi) is 4.52. The van der Waals surface area contributed by atoms with Gasteiger partial charge < -0.3 is 14.7 Å². The monoisotopic (exact) mass is 263 g/mol. The summed E-state index contributed by atoms with van der Waals surface area (Å²) in [6.45, 7) is 1.23. The van der Waals surface area contributed by atoms with Crippen LogP contribution in [0.3, 0.4) is 0 Å². The van der Waals surface area contributed by atoms with Crippen molar-refractivity contribution < 1.29 is 19.4 Å². The van der Waals surface area contributed by atoms with Crippen LogP contribution in [0.15, 0.2) is 30.3 Å². The lowest BCUT2D eigenvalue weighted by molar-refractivity contribution is -0.145. The third kappa shape index (κ3) is 3.79. The lowest BCUT2D eigenvalue weighted by atomic mass is 10.1. The average Bonchev–Trinajstić information content (AvgIpc) is 2.39. The highest BCUT2D eigenvalue weighted by molar-refractivity contribution is 5.80. The average molecular weight is 263 g/mol. The number of rotatable bonds is 4. The van der Waals surface area contributed by atoms with E-state index in [9.17, 15) is 9.59 Å². The van der Waals surface area contributed by atoms with E-state index in [-0.39, 0.29) is 18.4 Å². The second-order valence-corrected chi connectivity index (χ2v) is 4.58. The van der Waals surface area contributed by atoms with E-state index in [1.54, 1.807) is 4.90 Å². The predicted octanol–water partition coefficient (Wildman–Crippen LogP) is 0.931. The molecule has 0 aliphatic carbocycles. The summed E-state index contributed by atoms with van der Waals surface area (Å²) in [5.74, 6) is -0.950. The maximum atomic E-state index is 12.2. The van der Waals surface area contributed by atoms with E-state index < -0.39 is 5.97 Å². The Bertz CT molecular complexity index is 446. The van der Waals surface area contributed by atoms with Crippen LogP contribution in [-0.2, 0) is 20.7 Å². The van der Waals surface area contributed by atoms with Gasteiger partial charge in [-0.3, -0.25) is 9.59 Å². The Hall–Kier alpha value is -1.88. The summed E-state index contributed by atoms with van der Waals surface area (Å²) in [4.78, 5) is 24.7. The van der Waals surface area contributed by atoms with Crippen LogP contribution in [0.25, 0.3) is 0 Å². The lowest BCUT2D eigenvalue weighted by Gasteiger charge is -2.35. The fraction of sp³-hybridized carbons (Fsp3) is 0.429. The van der Waals surface area contributed by atoms with Crippen molar-refractivity contribution in [2.24, 2.45) is 0 Å². The molecule has 1 atom stereocenters. The van der Waals surface area contributed by atoms with Gasteiger partial charge in [-0.2, -0.15) is 0 Å². The minimum atomic E-state index is -0.909. The first-order chi connectivity index (χ1) is 9.16. The van der Waals surface area contributed by atoms with E-state index in [0.717, 1.165) is 5.56 Å². The highest BCUT2D eigenvalue weighted by Gasteiger charge is 2.28. The molecule has 1 aliphatic heterocycles. The first-order valence-electron chi connectivity index (χ1n) is 6.30. The second kappa shape index (κ2) is 6.33. The van der Waals surface area contributed by atoms with Crippen LogP contribution in [0.1, 0.15) is 12.0 Å². The Morgan fingerprint density at radius 2 is 2.05 bits per heavy atom. The fourth-order valence-corrected chi connectivity index (χ4v) is 2.23. The van der Waals surface area contributed by atoms with Crippen molar-refractivity contribution in [3.8, 4) is 0 Å². The second-order valence-electron chi connectivity index (χ2n) is 4.58. The zero-order chi connectivity index (χ0) is 13.7. The number of carbonyl (C=O) groups excluding carboxylic acids is 1. The Morgan fingerprint density at radius 3 is 2.74 bits per heavy atom. The Balaban J connectivity index is 2.01. The molecule has 1 unspecified atom stereocenters. The van der Waals surface area contributed by atoms with Gasteiger partial charge in [0.25, 0.3) is 0 Å². The zero-order valence-corrected chi connectivity index (χ0v) is 10.6. The fourth-order valence-electron chi connectivity index (χ4n) is 2.23. The van der Waals surface area contributed by atoms with Gasteiger partial charge in [-0.15, -0.1) is 0 Å². The highest BCUT2D eigenvalue weighted by atomic mass is 16.5. The molecule has 1 fully saturated rings. The summed E-state index contributed by atoms with van der Waals surface area (Å²) >= 11 is 0. The van der Waals surface area contributed by atoms with Crippen LogP contribution in [0, 0.1) is 0 Å². The molecule has 2 rings (SSSR count). The topological polar surface area (TPSA) is 66.8 Å². The molecule has 0 radical (unpaired) electrons. The number of carbonyl (C=O) groups is 2. The van der Waals surface area contributed by atoms with Crippen molar-refractivity contribution in [2.75, 3.05) is 19.8 Å². The summed E-state index contributed by atoms with van der Waals surface area (Å²) in [5, 5.41) is 8.86. The quantitative estimate of drug-likeness (QED) is 0.877. The summed E-state index contributed by atoms with van der Waals surface area (Å²) < 4.78 is 5.26. The summed E-state index contributed by atoms with van der Waals surface area (Å²) in [6, 6.07) is 9.10. The molecule has 19 heavy (non-hydrogen) atoms. The smallest absolute Gasteiger partial charge is 0.305 e. The molecule has 0 spiro atoms. The van der Waals surface area contributed by atoms with Gasteiger partial charge in [-0.1, -0.05) is 30.3 Å². The van der Waals surface area contributed by atoms with Crippen molar-refractivity contribution in [3.63, 3.8) is 0 Å². The largest absolute Gasteiger partial charge is 0.481 e. The minimum Gasteiger partial charge on any atom is -0.481 e. The van der Waals surface area contributed by atoms with Crippen molar-refractivity contribution in [1.29, 1.82) is 0 Å². The van der Waals surface area contributed by atoms with Crippen molar-refractivity contribution >= 4 is 11.9 Å². The van der Waals surface area contributed by atoms with Crippen molar-refractivity contribution in [2.45, 2.75) is 18.9 Å². The van der Waals surface area contributed by atoms with E-state index in [4.69, 9.17) is 9.84 Å². The van der Waals surface area contributed by atoms with Gasteiger partial charge in [0.1, 0.15) is 0 Å². The number of amides is 1. The molecule has 1 heterocycles. The van der Waals surface area contributed by atoms with Gasteiger partial charge in [0.05, 0.1) is 32.1 Å². The minimum absolute atomic E-state index is 0.0410. The van der Waals surface area contributed by atoms with E-state index in [2.05, 4.69) is 0 Å². The van der Waals surface area contributed by atoms with Crippen LogP contribution in [0.2, 0.25) is 0 Å². The summed E-state index contributed by atoms with van der Waals surface area (Å²) in [7, 11) is 0. The number of benzene rings is 1. The van der Waals surface area contributed by atoms with E-state index >= 15 is 0 Å². The number of aliphatic carboxylic acids is 1. The van der Waals surface area contributed by atoms with Gasteiger partial charge in [0.2, 0.25) is 5.91 Å². The number of carboxylic acid groups (broad SMARTS) is 1. The van der Waals surface area contributed by atoms with Crippen LogP contribution >= 0.6 is 0 Å². The number of hydrogen-bond acceptors (Lipinski definition) is 3. The number of carboxylic acids is 1. The first kappa shape index (κ1) is 13.5. The maximum absolute atomic E-state index is 12.2. The van der Waals surface area contributed by atoms with Gasteiger partial charge in [0.15, 0.2) is 0 Å². The van der Waals surface area contributed by atoms with Gasteiger partial charge in [0, 0.05) is 6.54 Å². The molecule has 1 aliphatic rings. The predicted molar refractivity (Wildman–Crippen MR) is 68.7 cm³/mol. The Labute approximate surface area is 111 Å². The molecule has 1 N–H and O–H groups in total. The molecule has 1 aromatic carbocycles. The zero-order valence-electron chi connectivity index (χ0n) is 10.6. The Morgan fingerprint density at radius 1 is 1.32 bits per heavy atom. The standard InChI is InChI=1S/C14H17NO4/c16-13(8-11-4-2-1-3-5-11)15-6-7-19-10-12(15)9-14(17)18/h1-5,12H,6-10H2,(H,17,18). The molecule has 0 saturated carbocycles. The molecular weight excluding hydrogens is 246 g/mol. The molecule has 0 aromatic heterocycles. The summed E-state index contributed by atoms with van der Waals surface area (Å²) in [5.41, 5.74) is 0.938. The van der Waals surface area contributed by atoms with E-state index in [1.807, 2.05) is 30.3 Å². The normalized spacial score (nSPS) is 19.2. The molecular formula is C14H17NO4. The molecule has 5 heteroatoms. The molecule has 5 nitrogen and oxygen atoms in total. The van der Waals surface area contributed by atoms with Crippen molar-refractivity contribution in [3.05, 3.63) is 35.9 Å². The van der Waals surface area contributed by atoms with E-state index in [1.165, 1.54) is 0 Å². The maximum Gasteiger partial charge on any atom is 0.305 e. The number of ether oxygens (including phenoxy) is 1. The third-order valence-electron chi connectivity index (χ3n) is 3.16. The molecule has 102 valence electrons. The van der Waals surface area contributed by atoms with Crippen LogP contribution in [0.4, 0.5) is 0 Å². The number of nitrogens with zero attached hydrogens (tertiary/aromatic N) is 1. The highest BCUT2D eigenvalue weighted by Crippen LogP contribution is 2.13. The van der Waals surface area contributed by atoms with Crippen LogP contribution in [0.5, 0.6) is 0 Å². The number of hydrogen-bond donors (Lipinski definition) is 1. The van der Waals surface area contributed by atoms with Gasteiger partial charge >= 0.3 is 5.97 Å². The molecule has 1 aromatic rings. The number of morpholine rings is 1. The van der Waals surface area contributed by atoms with Crippen LogP contribution < -0.4 is 0 Å². The third-order valence-corrected chi connectivity index (χ3v) is 3.16. The SMILES string of the molecule is O=C(O)CC1COCCN1C(=O)Cc1ccccc1. The molecule has 1 saturated heterocycles. The van der Waals surface area contributed by atoms with Crippen LogP contribution in [-0.4, -0.2) is 47.7 Å². The first-order valence-corrected chi connectivity index (χ1v) is 6.30.